The average Bonchev–Trinajstić information content (AvgIpc) is 2.17. The van der Waals surface area contributed by atoms with Crippen molar-refractivity contribution >= 4 is 18.9 Å². The van der Waals surface area contributed by atoms with E-state index in [9.17, 15) is 4.79 Å². The third kappa shape index (κ3) is 2.01. The van der Waals surface area contributed by atoms with Gasteiger partial charge >= 0.3 is 5.97 Å². The Hall–Kier alpha value is -0.960. The summed E-state index contributed by atoms with van der Waals surface area (Å²) in [6.45, 7) is 1.79. The molecule has 0 radical (unpaired) electrons. The fraction of sp³-hybridized carbons (Fsp3) is 0.222. The zero-order valence-electron chi connectivity index (χ0n) is 6.73. The third-order valence-electron chi connectivity index (χ3n) is 1.74. The molecule has 1 rings (SSSR count). The van der Waals surface area contributed by atoms with Gasteiger partial charge in [0, 0.05) is 12.9 Å². The minimum atomic E-state index is -0.329. The van der Waals surface area contributed by atoms with Crippen molar-refractivity contribution in [2.45, 2.75) is 12.8 Å². The minimum absolute atomic E-state index is 0.247. The summed E-state index contributed by atoms with van der Waals surface area (Å²) in [7, 11) is 0. The number of thiol groups is 1. The van der Waals surface area contributed by atoms with Crippen LogP contribution in [-0.4, -0.2) is 5.97 Å². The molecule has 3 heteroatoms. The van der Waals surface area contributed by atoms with Gasteiger partial charge in [0.1, 0.15) is 0 Å². The molecule has 0 saturated heterocycles. The summed E-state index contributed by atoms with van der Waals surface area (Å²) >= 11 is 3.46. The second-order valence-electron chi connectivity index (χ2n) is 2.54. The first-order valence-electron chi connectivity index (χ1n) is 3.66. The van der Waals surface area contributed by atoms with Gasteiger partial charge in [0.15, 0.2) is 0 Å². The predicted molar refractivity (Wildman–Crippen MR) is 49.9 cm³/mol. The number of hydrogen-bond donors (Lipinski definition) is 1. The maximum absolute atomic E-state index is 11.0. The van der Waals surface area contributed by atoms with E-state index in [1.54, 1.807) is 6.92 Å². The standard InChI is InChI=1S/C9H10O2S/c1-7(9(10)11-12)8-5-3-2-4-6-8/h2-7,12H,1H3. The quantitative estimate of drug-likeness (QED) is 0.560. The molecule has 0 fully saturated rings. The summed E-state index contributed by atoms with van der Waals surface area (Å²) in [6.07, 6.45) is 0. The Labute approximate surface area is 77.2 Å². The van der Waals surface area contributed by atoms with Crippen LogP contribution in [0.5, 0.6) is 0 Å². The largest absolute Gasteiger partial charge is 0.394 e. The van der Waals surface area contributed by atoms with Crippen LogP contribution in [0.3, 0.4) is 0 Å². The number of carbonyl (C=O) groups excluding carboxylic acids is 1. The van der Waals surface area contributed by atoms with Crippen LogP contribution < -0.4 is 0 Å². The Kier molecular flexibility index (Phi) is 3.17. The van der Waals surface area contributed by atoms with Crippen LogP contribution in [0, 0.1) is 0 Å². The Morgan fingerprint density at radius 2 is 2.00 bits per heavy atom. The molecule has 12 heavy (non-hydrogen) atoms. The molecule has 0 aromatic heterocycles. The van der Waals surface area contributed by atoms with E-state index >= 15 is 0 Å². The van der Waals surface area contributed by atoms with Gasteiger partial charge in [-0.2, -0.15) is 0 Å². The van der Waals surface area contributed by atoms with Gasteiger partial charge in [0.2, 0.25) is 0 Å². The Morgan fingerprint density at radius 3 is 2.50 bits per heavy atom. The first kappa shape index (κ1) is 9.13. The van der Waals surface area contributed by atoms with Crippen molar-refractivity contribution in [2.24, 2.45) is 0 Å². The molecule has 1 atom stereocenters. The van der Waals surface area contributed by atoms with Crippen molar-refractivity contribution in [3.05, 3.63) is 35.9 Å². The van der Waals surface area contributed by atoms with Crippen molar-refractivity contribution in [2.75, 3.05) is 0 Å². The van der Waals surface area contributed by atoms with Gasteiger partial charge in [0.25, 0.3) is 0 Å². The molecule has 1 aromatic rings. The van der Waals surface area contributed by atoms with Crippen LogP contribution in [-0.2, 0) is 8.98 Å². The summed E-state index contributed by atoms with van der Waals surface area (Å²) in [4.78, 5) is 11.0. The second-order valence-corrected chi connectivity index (χ2v) is 2.73. The van der Waals surface area contributed by atoms with Gasteiger partial charge in [-0.1, -0.05) is 30.3 Å². The highest BCUT2D eigenvalue weighted by molar-refractivity contribution is 7.75. The Balaban J connectivity index is 2.78. The predicted octanol–water partition coefficient (Wildman–Crippen LogP) is 2.18. The van der Waals surface area contributed by atoms with E-state index in [1.807, 2.05) is 30.3 Å². The monoisotopic (exact) mass is 182 g/mol. The molecule has 0 bridgehead atoms. The molecular formula is C9H10O2S. The van der Waals surface area contributed by atoms with Crippen molar-refractivity contribution in [3.8, 4) is 0 Å². The number of hydrogen-bond acceptors (Lipinski definition) is 3. The molecular weight excluding hydrogens is 172 g/mol. The summed E-state index contributed by atoms with van der Waals surface area (Å²) in [6, 6.07) is 9.45. The minimum Gasteiger partial charge on any atom is -0.394 e. The molecule has 1 unspecified atom stereocenters. The molecule has 0 aliphatic rings. The lowest BCUT2D eigenvalue weighted by molar-refractivity contribution is -0.134. The first-order valence-corrected chi connectivity index (χ1v) is 4.02. The summed E-state index contributed by atoms with van der Waals surface area (Å²) < 4.78 is 4.32. The fourth-order valence-electron chi connectivity index (χ4n) is 0.957. The SMILES string of the molecule is CC(C(=O)OS)c1ccccc1. The van der Waals surface area contributed by atoms with Crippen molar-refractivity contribution in [1.29, 1.82) is 0 Å². The van der Waals surface area contributed by atoms with E-state index < -0.39 is 0 Å². The van der Waals surface area contributed by atoms with Gasteiger partial charge in [0.05, 0.1) is 5.92 Å². The Morgan fingerprint density at radius 1 is 1.42 bits per heavy atom. The van der Waals surface area contributed by atoms with Gasteiger partial charge < -0.3 is 4.18 Å². The van der Waals surface area contributed by atoms with E-state index in [0.717, 1.165) is 5.56 Å². The van der Waals surface area contributed by atoms with E-state index in [0.29, 0.717) is 0 Å². The fourth-order valence-corrected chi connectivity index (χ4v) is 1.11. The molecule has 64 valence electrons. The maximum Gasteiger partial charge on any atom is 0.324 e. The Bertz CT molecular complexity index is 258. The van der Waals surface area contributed by atoms with Gasteiger partial charge in [-0.15, -0.1) is 0 Å². The molecule has 2 nitrogen and oxygen atoms in total. The normalized spacial score (nSPS) is 12.2. The average molecular weight is 182 g/mol. The zero-order chi connectivity index (χ0) is 8.97. The first-order chi connectivity index (χ1) is 5.75. The van der Waals surface area contributed by atoms with Crippen LogP contribution in [0.2, 0.25) is 0 Å². The maximum atomic E-state index is 11.0. The molecule has 0 spiro atoms. The van der Waals surface area contributed by atoms with Crippen molar-refractivity contribution in [3.63, 3.8) is 0 Å². The molecule has 0 N–H and O–H groups in total. The highest BCUT2D eigenvalue weighted by Crippen LogP contribution is 2.16. The lowest BCUT2D eigenvalue weighted by Crippen LogP contribution is -2.08. The van der Waals surface area contributed by atoms with Crippen LogP contribution in [0.25, 0.3) is 0 Å². The molecule has 0 aliphatic heterocycles. The van der Waals surface area contributed by atoms with Crippen molar-refractivity contribution in [1.82, 2.24) is 0 Å². The van der Waals surface area contributed by atoms with Crippen molar-refractivity contribution < 1.29 is 8.98 Å². The highest BCUT2D eigenvalue weighted by atomic mass is 32.1. The molecule has 0 amide bonds. The number of benzene rings is 1. The second kappa shape index (κ2) is 4.16. The van der Waals surface area contributed by atoms with Crippen LogP contribution in [0.1, 0.15) is 18.4 Å². The zero-order valence-corrected chi connectivity index (χ0v) is 7.62. The number of carbonyl (C=O) groups is 1. The molecule has 0 saturated carbocycles. The number of rotatable bonds is 2. The van der Waals surface area contributed by atoms with E-state index in [-0.39, 0.29) is 11.9 Å². The topological polar surface area (TPSA) is 26.3 Å². The highest BCUT2D eigenvalue weighted by Gasteiger charge is 2.14. The van der Waals surface area contributed by atoms with Gasteiger partial charge in [-0.3, -0.25) is 4.79 Å². The lowest BCUT2D eigenvalue weighted by Gasteiger charge is -2.07. The van der Waals surface area contributed by atoms with E-state index in [1.165, 1.54) is 0 Å². The smallest absolute Gasteiger partial charge is 0.324 e. The van der Waals surface area contributed by atoms with Gasteiger partial charge in [-0.25, -0.2) is 0 Å². The third-order valence-corrected chi connectivity index (χ3v) is 1.92. The molecule has 0 aliphatic carbocycles. The molecule has 1 aromatic carbocycles. The lowest BCUT2D eigenvalue weighted by atomic mass is 10.0. The van der Waals surface area contributed by atoms with Gasteiger partial charge in [-0.05, 0) is 12.5 Å². The van der Waals surface area contributed by atoms with Crippen LogP contribution in [0.15, 0.2) is 30.3 Å². The summed E-state index contributed by atoms with van der Waals surface area (Å²) in [5.41, 5.74) is 0.941. The molecule has 0 heterocycles. The summed E-state index contributed by atoms with van der Waals surface area (Å²) in [5.74, 6) is -0.576. The summed E-state index contributed by atoms with van der Waals surface area (Å²) in [5, 5.41) is 0. The van der Waals surface area contributed by atoms with E-state index in [2.05, 4.69) is 17.1 Å². The van der Waals surface area contributed by atoms with Crippen LogP contribution >= 0.6 is 12.9 Å². The van der Waals surface area contributed by atoms with E-state index in [4.69, 9.17) is 0 Å². The van der Waals surface area contributed by atoms with Crippen LogP contribution in [0.4, 0.5) is 0 Å².